The zero-order valence-corrected chi connectivity index (χ0v) is 15.3. The van der Waals surface area contributed by atoms with Gasteiger partial charge in [0.15, 0.2) is 17.5 Å². The predicted octanol–water partition coefficient (Wildman–Crippen LogP) is 4.18. The molecule has 0 aromatic heterocycles. The number of carbonyl (C=O) groups is 2. The number of nitrogens with zero attached hydrogens (tertiary/aromatic N) is 1. The van der Waals surface area contributed by atoms with Crippen molar-refractivity contribution in [3.05, 3.63) is 64.4 Å². The number of amides is 2. The van der Waals surface area contributed by atoms with Crippen molar-refractivity contribution in [3.63, 3.8) is 0 Å². The molecule has 0 aliphatic heterocycles. The zero-order valence-electron chi connectivity index (χ0n) is 14.6. The van der Waals surface area contributed by atoms with Gasteiger partial charge in [0.1, 0.15) is 0 Å². The molecular weight excluding hydrogens is 381 g/mol. The third-order valence-corrected chi connectivity index (χ3v) is 4.01. The number of anilines is 1. The first-order chi connectivity index (χ1) is 12.8. The molecule has 2 amide bonds. The molecule has 0 aliphatic carbocycles. The number of halogens is 4. The lowest BCUT2D eigenvalue weighted by Gasteiger charge is -2.22. The fraction of sp³-hybridized carbons (Fsp3) is 0.263. The lowest BCUT2D eigenvalue weighted by atomic mass is 10.1. The predicted molar refractivity (Wildman–Crippen MR) is 97.0 cm³/mol. The summed E-state index contributed by atoms with van der Waals surface area (Å²) in [4.78, 5) is 25.9. The van der Waals surface area contributed by atoms with E-state index in [2.05, 4.69) is 5.32 Å². The van der Waals surface area contributed by atoms with Crippen LogP contribution in [0.15, 0.2) is 36.4 Å². The molecule has 1 N–H and O–H groups in total. The van der Waals surface area contributed by atoms with Crippen molar-refractivity contribution in [1.29, 1.82) is 0 Å². The normalized spacial score (nSPS) is 10.6. The van der Waals surface area contributed by atoms with E-state index in [-0.39, 0.29) is 18.9 Å². The summed E-state index contributed by atoms with van der Waals surface area (Å²) < 4.78 is 39.9. The van der Waals surface area contributed by atoms with Gasteiger partial charge in [0, 0.05) is 11.6 Å². The molecule has 4 nitrogen and oxygen atoms in total. The summed E-state index contributed by atoms with van der Waals surface area (Å²) in [6.45, 7) is 1.83. The van der Waals surface area contributed by atoms with Crippen molar-refractivity contribution in [2.45, 2.75) is 19.8 Å². The van der Waals surface area contributed by atoms with Crippen LogP contribution in [0, 0.1) is 17.5 Å². The van der Waals surface area contributed by atoms with Gasteiger partial charge in [0.05, 0.1) is 18.7 Å². The van der Waals surface area contributed by atoms with Crippen LogP contribution in [0.25, 0.3) is 0 Å². The summed E-state index contributed by atoms with van der Waals surface area (Å²) in [7, 11) is 0. The lowest BCUT2D eigenvalue weighted by Crippen LogP contribution is -2.39. The minimum Gasteiger partial charge on any atom is -0.333 e. The molecule has 0 spiro atoms. The summed E-state index contributed by atoms with van der Waals surface area (Å²) in [5.41, 5.74) is 0.248. The summed E-state index contributed by atoms with van der Waals surface area (Å²) in [5.74, 6) is -5.51. The summed E-state index contributed by atoms with van der Waals surface area (Å²) in [6, 6.07) is 8.37. The van der Waals surface area contributed by atoms with Crippen molar-refractivity contribution >= 4 is 29.1 Å². The fourth-order valence-corrected chi connectivity index (χ4v) is 2.56. The highest BCUT2D eigenvalue weighted by atomic mass is 35.5. The molecule has 2 aromatic carbocycles. The summed E-state index contributed by atoms with van der Waals surface area (Å²) >= 11 is 5.81. The zero-order chi connectivity index (χ0) is 20.0. The quantitative estimate of drug-likeness (QED) is 0.711. The Labute approximate surface area is 159 Å². The number of hydrogen-bond acceptors (Lipinski definition) is 2. The highest BCUT2D eigenvalue weighted by Gasteiger charge is 2.19. The SMILES string of the molecule is CCCN(CC(=O)Nc1ccc(F)c(F)c1F)C(=O)Cc1ccc(Cl)cc1. The summed E-state index contributed by atoms with van der Waals surface area (Å²) in [6.07, 6.45) is 0.684. The van der Waals surface area contributed by atoms with E-state index in [1.54, 1.807) is 24.3 Å². The van der Waals surface area contributed by atoms with Gasteiger partial charge in [-0.1, -0.05) is 30.7 Å². The molecule has 0 saturated heterocycles. The molecule has 27 heavy (non-hydrogen) atoms. The Hall–Kier alpha value is -2.54. The molecule has 0 heterocycles. The average Bonchev–Trinajstić information content (AvgIpc) is 2.63. The molecular formula is C19H18ClF3N2O2. The van der Waals surface area contributed by atoms with E-state index >= 15 is 0 Å². The Kier molecular flexibility index (Phi) is 7.24. The minimum atomic E-state index is -1.67. The molecule has 0 saturated carbocycles. The largest absolute Gasteiger partial charge is 0.333 e. The Balaban J connectivity index is 2.04. The van der Waals surface area contributed by atoms with Crippen LogP contribution in [0.3, 0.4) is 0 Å². The molecule has 2 aromatic rings. The fourth-order valence-electron chi connectivity index (χ4n) is 2.44. The van der Waals surface area contributed by atoms with Crippen molar-refractivity contribution in [2.75, 3.05) is 18.4 Å². The molecule has 0 bridgehead atoms. The van der Waals surface area contributed by atoms with E-state index in [1.807, 2.05) is 6.92 Å². The third kappa shape index (κ3) is 5.72. The second-order valence-electron chi connectivity index (χ2n) is 5.89. The Morgan fingerprint density at radius 2 is 1.70 bits per heavy atom. The van der Waals surface area contributed by atoms with Crippen LogP contribution in [0.2, 0.25) is 5.02 Å². The molecule has 0 aliphatic rings. The highest BCUT2D eigenvalue weighted by Crippen LogP contribution is 2.19. The Bertz CT molecular complexity index is 828. The summed E-state index contributed by atoms with van der Waals surface area (Å²) in [5, 5.41) is 2.71. The van der Waals surface area contributed by atoms with Crippen LogP contribution in [0.1, 0.15) is 18.9 Å². The van der Waals surface area contributed by atoms with Crippen LogP contribution in [0.4, 0.5) is 18.9 Å². The molecule has 0 radical (unpaired) electrons. The lowest BCUT2D eigenvalue weighted by molar-refractivity contribution is -0.134. The molecule has 0 fully saturated rings. The number of carbonyl (C=O) groups excluding carboxylic acids is 2. The minimum absolute atomic E-state index is 0.0734. The van der Waals surface area contributed by atoms with Gasteiger partial charge in [-0.3, -0.25) is 9.59 Å². The second-order valence-corrected chi connectivity index (χ2v) is 6.33. The maximum Gasteiger partial charge on any atom is 0.244 e. The van der Waals surface area contributed by atoms with Crippen LogP contribution < -0.4 is 5.32 Å². The third-order valence-electron chi connectivity index (χ3n) is 3.76. The number of benzene rings is 2. The van der Waals surface area contributed by atoms with Crippen molar-refractivity contribution in [3.8, 4) is 0 Å². The monoisotopic (exact) mass is 398 g/mol. The van der Waals surface area contributed by atoms with Gasteiger partial charge in [-0.2, -0.15) is 0 Å². The van der Waals surface area contributed by atoms with Gasteiger partial charge < -0.3 is 10.2 Å². The number of nitrogens with one attached hydrogen (secondary N) is 1. The number of hydrogen-bond donors (Lipinski definition) is 1. The molecule has 8 heteroatoms. The molecule has 0 unspecified atom stereocenters. The Morgan fingerprint density at radius 3 is 2.33 bits per heavy atom. The van der Waals surface area contributed by atoms with Crippen molar-refractivity contribution < 1.29 is 22.8 Å². The van der Waals surface area contributed by atoms with Gasteiger partial charge in [0.2, 0.25) is 11.8 Å². The van der Waals surface area contributed by atoms with Crippen LogP contribution in [0.5, 0.6) is 0 Å². The van der Waals surface area contributed by atoms with Crippen molar-refractivity contribution in [2.24, 2.45) is 0 Å². The van der Waals surface area contributed by atoms with Crippen LogP contribution in [-0.2, 0) is 16.0 Å². The number of rotatable bonds is 7. The maximum absolute atomic E-state index is 13.7. The topological polar surface area (TPSA) is 49.4 Å². The van der Waals surface area contributed by atoms with Crippen LogP contribution in [-0.4, -0.2) is 29.8 Å². The average molecular weight is 399 g/mol. The van der Waals surface area contributed by atoms with Gasteiger partial charge in [0.25, 0.3) is 0 Å². The van der Waals surface area contributed by atoms with Gasteiger partial charge >= 0.3 is 0 Å². The maximum atomic E-state index is 13.7. The van der Waals surface area contributed by atoms with E-state index in [0.29, 0.717) is 24.1 Å². The Morgan fingerprint density at radius 1 is 1.04 bits per heavy atom. The van der Waals surface area contributed by atoms with Gasteiger partial charge in [-0.05, 0) is 36.2 Å². The van der Waals surface area contributed by atoms with E-state index in [4.69, 9.17) is 11.6 Å². The highest BCUT2D eigenvalue weighted by molar-refractivity contribution is 6.30. The van der Waals surface area contributed by atoms with E-state index in [0.717, 1.165) is 11.6 Å². The van der Waals surface area contributed by atoms with Crippen molar-refractivity contribution in [1.82, 2.24) is 4.90 Å². The van der Waals surface area contributed by atoms with E-state index in [1.165, 1.54) is 4.90 Å². The van der Waals surface area contributed by atoms with Gasteiger partial charge in [-0.25, -0.2) is 13.2 Å². The standard InChI is InChI=1S/C19H18ClF3N2O2/c1-2-9-25(17(27)10-12-3-5-13(20)6-4-12)11-16(26)24-15-8-7-14(21)18(22)19(15)23/h3-8H,2,9-11H2,1H3,(H,24,26). The van der Waals surface area contributed by atoms with E-state index < -0.39 is 29.0 Å². The van der Waals surface area contributed by atoms with Gasteiger partial charge in [-0.15, -0.1) is 0 Å². The first-order valence-corrected chi connectivity index (χ1v) is 8.65. The van der Waals surface area contributed by atoms with E-state index in [9.17, 15) is 22.8 Å². The van der Waals surface area contributed by atoms with Crippen LogP contribution >= 0.6 is 11.6 Å². The first kappa shape index (κ1) is 20.8. The second kappa shape index (κ2) is 9.41. The molecule has 2 rings (SSSR count). The smallest absolute Gasteiger partial charge is 0.244 e. The first-order valence-electron chi connectivity index (χ1n) is 8.27. The molecule has 144 valence electrons. The molecule has 0 atom stereocenters.